The standard InChI is InChI=1S/C18H22N4O2S/c1-12-5-4-6-13(2)17(12)22(14(3)23)18-20-15(11-25-18)9-21-8-7-19-16(24)10-21/h4-6,11H,7-10H2,1-3H3,(H,19,24)/p+1. The van der Waals surface area contributed by atoms with E-state index >= 15 is 0 Å². The number of carbonyl (C=O) groups excluding carboxylic acids is 2. The van der Waals surface area contributed by atoms with Gasteiger partial charge in [0.2, 0.25) is 5.91 Å². The molecule has 0 bridgehead atoms. The molecule has 1 aromatic carbocycles. The molecule has 7 heteroatoms. The molecule has 0 aliphatic carbocycles. The minimum absolute atomic E-state index is 0.0528. The van der Waals surface area contributed by atoms with E-state index in [9.17, 15) is 9.59 Å². The molecule has 1 unspecified atom stereocenters. The predicted octanol–water partition coefficient (Wildman–Crippen LogP) is 0.959. The highest BCUT2D eigenvalue weighted by atomic mass is 32.1. The average molecular weight is 359 g/mol. The number of para-hydroxylation sites is 1. The Morgan fingerprint density at radius 1 is 1.36 bits per heavy atom. The topological polar surface area (TPSA) is 66.7 Å². The summed E-state index contributed by atoms with van der Waals surface area (Å²) in [5.74, 6) is 0.0283. The van der Waals surface area contributed by atoms with E-state index in [1.165, 1.54) is 16.2 Å². The number of amides is 2. The Morgan fingerprint density at radius 2 is 2.08 bits per heavy atom. The minimum atomic E-state index is -0.0528. The zero-order chi connectivity index (χ0) is 18.0. The van der Waals surface area contributed by atoms with Crippen molar-refractivity contribution in [3.63, 3.8) is 0 Å². The molecule has 1 saturated heterocycles. The number of piperazine rings is 1. The summed E-state index contributed by atoms with van der Waals surface area (Å²) < 4.78 is 0. The van der Waals surface area contributed by atoms with Gasteiger partial charge < -0.3 is 10.2 Å². The lowest BCUT2D eigenvalue weighted by molar-refractivity contribution is -0.907. The van der Waals surface area contributed by atoms with E-state index in [2.05, 4.69) is 10.3 Å². The monoisotopic (exact) mass is 359 g/mol. The summed E-state index contributed by atoms with van der Waals surface area (Å²) >= 11 is 1.47. The highest BCUT2D eigenvalue weighted by Crippen LogP contribution is 2.33. The van der Waals surface area contributed by atoms with Crippen molar-refractivity contribution in [1.29, 1.82) is 0 Å². The predicted molar refractivity (Wildman–Crippen MR) is 98.3 cm³/mol. The van der Waals surface area contributed by atoms with Crippen LogP contribution in [0.1, 0.15) is 23.7 Å². The van der Waals surface area contributed by atoms with E-state index < -0.39 is 0 Å². The number of nitrogens with one attached hydrogen (secondary N) is 2. The largest absolute Gasteiger partial charge is 0.346 e. The number of aryl methyl sites for hydroxylation is 2. The fourth-order valence-electron chi connectivity index (χ4n) is 3.19. The first-order valence-corrected chi connectivity index (χ1v) is 9.25. The number of thiazole rings is 1. The zero-order valence-corrected chi connectivity index (χ0v) is 15.6. The Labute approximate surface area is 151 Å². The van der Waals surface area contributed by atoms with Crippen molar-refractivity contribution in [2.75, 3.05) is 24.5 Å². The Balaban J connectivity index is 1.85. The van der Waals surface area contributed by atoms with E-state index in [1.807, 2.05) is 37.4 Å². The van der Waals surface area contributed by atoms with Gasteiger partial charge in [-0.3, -0.25) is 14.5 Å². The molecule has 2 heterocycles. The van der Waals surface area contributed by atoms with Crippen molar-refractivity contribution in [1.82, 2.24) is 10.3 Å². The second-order valence-electron chi connectivity index (χ2n) is 6.42. The summed E-state index contributed by atoms with van der Waals surface area (Å²) in [5, 5.41) is 5.51. The van der Waals surface area contributed by atoms with Gasteiger partial charge in [0, 0.05) is 12.3 Å². The Bertz CT molecular complexity index is 782. The summed E-state index contributed by atoms with van der Waals surface area (Å²) in [4.78, 5) is 31.4. The molecular formula is C18H23N4O2S+. The first-order valence-electron chi connectivity index (χ1n) is 8.37. The molecule has 1 aliphatic heterocycles. The smallest absolute Gasteiger partial charge is 0.275 e. The van der Waals surface area contributed by atoms with Crippen LogP contribution in [0.25, 0.3) is 0 Å². The second-order valence-corrected chi connectivity index (χ2v) is 7.26. The van der Waals surface area contributed by atoms with Crippen molar-refractivity contribution < 1.29 is 14.5 Å². The van der Waals surface area contributed by atoms with Gasteiger partial charge in [0.05, 0.1) is 18.8 Å². The summed E-state index contributed by atoms with van der Waals surface area (Å²) in [5.41, 5.74) is 3.92. The van der Waals surface area contributed by atoms with Crippen molar-refractivity contribution in [3.8, 4) is 0 Å². The second kappa shape index (κ2) is 7.33. The summed E-state index contributed by atoms with van der Waals surface area (Å²) in [6.07, 6.45) is 0. The van der Waals surface area contributed by atoms with Crippen LogP contribution < -0.4 is 15.1 Å². The first kappa shape index (κ1) is 17.6. The molecule has 2 N–H and O–H groups in total. The van der Waals surface area contributed by atoms with Crippen LogP contribution in [0.4, 0.5) is 10.8 Å². The van der Waals surface area contributed by atoms with Crippen LogP contribution >= 0.6 is 11.3 Å². The zero-order valence-electron chi connectivity index (χ0n) is 14.8. The molecule has 6 nitrogen and oxygen atoms in total. The summed E-state index contributed by atoms with van der Waals surface area (Å²) in [7, 11) is 0. The molecule has 0 radical (unpaired) electrons. The van der Waals surface area contributed by atoms with Crippen LogP contribution in [0.5, 0.6) is 0 Å². The Morgan fingerprint density at radius 3 is 2.72 bits per heavy atom. The van der Waals surface area contributed by atoms with Gasteiger partial charge >= 0.3 is 0 Å². The minimum Gasteiger partial charge on any atom is -0.346 e. The molecule has 132 valence electrons. The van der Waals surface area contributed by atoms with Gasteiger partial charge in [-0.1, -0.05) is 18.2 Å². The maximum absolute atomic E-state index is 12.3. The summed E-state index contributed by atoms with van der Waals surface area (Å²) in [6, 6.07) is 6.00. The average Bonchev–Trinajstić information content (AvgIpc) is 2.98. The molecule has 3 rings (SSSR count). The number of hydrogen-bond donors (Lipinski definition) is 2. The quantitative estimate of drug-likeness (QED) is 0.855. The maximum atomic E-state index is 12.3. The van der Waals surface area contributed by atoms with Crippen LogP contribution in [0, 0.1) is 13.8 Å². The molecular weight excluding hydrogens is 336 g/mol. The van der Waals surface area contributed by atoms with E-state index in [0.717, 1.165) is 29.1 Å². The molecule has 2 amide bonds. The number of nitrogens with zero attached hydrogens (tertiary/aromatic N) is 2. The molecule has 1 atom stereocenters. The van der Waals surface area contributed by atoms with Crippen molar-refractivity contribution in [2.24, 2.45) is 0 Å². The van der Waals surface area contributed by atoms with E-state index in [4.69, 9.17) is 0 Å². The molecule has 1 aromatic heterocycles. The maximum Gasteiger partial charge on any atom is 0.275 e. The van der Waals surface area contributed by atoms with Crippen LogP contribution in [0.15, 0.2) is 23.6 Å². The first-order chi connectivity index (χ1) is 12.0. The fourth-order valence-corrected chi connectivity index (χ4v) is 4.06. The van der Waals surface area contributed by atoms with Crippen LogP contribution in [-0.4, -0.2) is 36.4 Å². The van der Waals surface area contributed by atoms with Gasteiger partial charge in [-0.2, -0.15) is 0 Å². The van der Waals surface area contributed by atoms with Gasteiger partial charge in [-0.15, -0.1) is 11.3 Å². The number of aromatic nitrogens is 1. The SMILES string of the molecule is CC(=O)N(c1nc(C[NH+]2CCNC(=O)C2)cs1)c1c(C)cccc1C. The van der Waals surface area contributed by atoms with Crippen molar-refractivity contribution in [2.45, 2.75) is 27.3 Å². The van der Waals surface area contributed by atoms with Crippen LogP contribution in [-0.2, 0) is 16.1 Å². The fraction of sp³-hybridized carbons (Fsp3) is 0.389. The van der Waals surface area contributed by atoms with E-state index in [-0.39, 0.29) is 11.8 Å². The lowest BCUT2D eigenvalue weighted by atomic mass is 10.1. The van der Waals surface area contributed by atoms with Crippen LogP contribution in [0.2, 0.25) is 0 Å². The number of rotatable bonds is 4. The van der Waals surface area contributed by atoms with Gasteiger partial charge in [0.25, 0.3) is 5.91 Å². The highest BCUT2D eigenvalue weighted by Gasteiger charge is 2.24. The Hall–Kier alpha value is -2.25. The van der Waals surface area contributed by atoms with Gasteiger partial charge in [0.15, 0.2) is 11.7 Å². The van der Waals surface area contributed by atoms with Gasteiger partial charge in [0.1, 0.15) is 12.2 Å². The number of anilines is 2. The van der Waals surface area contributed by atoms with Gasteiger partial charge in [-0.25, -0.2) is 4.98 Å². The van der Waals surface area contributed by atoms with Crippen molar-refractivity contribution in [3.05, 3.63) is 40.4 Å². The number of hydrogen-bond acceptors (Lipinski definition) is 4. The molecule has 2 aromatic rings. The number of benzene rings is 1. The molecule has 0 saturated carbocycles. The third kappa shape index (κ3) is 3.88. The lowest BCUT2D eigenvalue weighted by Gasteiger charge is -2.23. The number of carbonyl (C=O) groups is 2. The molecule has 0 spiro atoms. The van der Waals surface area contributed by atoms with Crippen LogP contribution in [0.3, 0.4) is 0 Å². The van der Waals surface area contributed by atoms with Gasteiger partial charge in [-0.05, 0) is 25.0 Å². The van der Waals surface area contributed by atoms with E-state index in [1.54, 1.807) is 11.8 Å². The molecule has 1 fully saturated rings. The third-order valence-corrected chi connectivity index (χ3v) is 5.23. The normalized spacial score (nSPS) is 17.2. The molecule has 1 aliphatic rings. The summed E-state index contributed by atoms with van der Waals surface area (Å²) in [6.45, 7) is 8.33. The highest BCUT2D eigenvalue weighted by molar-refractivity contribution is 7.14. The number of quaternary nitrogens is 1. The third-order valence-electron chi connectivity index (χ3n) is 4.35. The molecule has 25 heavy (non-hydrogen) atoms. The lowest BCUT2D eigenvalue weighted by Crippen LogP contribution is -3.14. The van der Waals surface area contributed by atoms with E-state index in [0.29, 0.717) is 24.8 Å². The van der Waals surface area contributed by atoms with Crippen molar-refractivity contribution >= 4 is 34.0 Å². The Kier molecular flexibility index (Phi) is 5.15.